The Hall–Kier alpha value is -2.62. The van der Waals surface area contributed by atoms with Crippen LogP contribution in [0.4, 0.5) is 5.69 Å². The molecule has 0 saturated carbocycles. The van der Waals surface area contributed by atoms with Gasteiger partial charge in [0, 0.05) is 24.7 Å². The van der Waals surface area contributed by atoms with Crippen LogP contribution in [0.1, 0.15) is 11.5 Å². The number of hydrogen-bond acceptors (Lipinski definition) is 2. The number of nitrogens with one attached hydrogen (secondary N) is 2. The first-order valence-electron chi connectivity index (χ1n) is 9.03. The van der Waals surface area contributed by atoms with Crippen LogP contribution in [-0.2, 0) is 4.79 Å². The third kappa shape index (κ3) is 4.38. The average Bonchev–Trinajstić information content (AvgIpc) is 3.20. The van der Waals surface area contributed by atoms with Crippen molar-refractivity contribution in [1.29, 1.82) is 0 Å². The molecule has 27 heavy (non-hydrogen) atoms. The minimum atomic E-state index is -0.0498. The summed E-state index contributed by atoms with van der Waals surface area (Å²) in [4.78, 5) is 12.8. The van der Waals surface area contributed by atoms with Crippen molar-refractivity contribution in [3.63, 3.8) is 0 Å². The number of amides is 1. The normalized spacial score (nSPS) is 18.5. The van der Waals surface area contributed by atoms with Gasteiger partial charge in [-0.25, -0.2) is 0 Å². The van der Waals surface area contributed by atoms with E-state index in [0.29, 0.717) is 6.54 Å². The summed E-state index contributed by atoms with van der Waals surface area (Å²) in [5, 5.41) is 6.44. The van der Waals surface area contributed by atoms with Crippen molar-refractivity contribution < 1.29 is 4.79 Å². The fraction of sp³-hybridized carbons (Fsp3) is 0.174. The third-order valence-electron chi connectivity index (χ3n) is 5.04. The maximum atomic E-state index is 12.8. The zero-order valence-corrected chi connectivity index (χ0v) is 15.8. The van der Waals surface area contributed by atoms with Crippen molar-refractivity contribution in [3.05, 3.63) is 90.5 Å². The predicted molar refractivity (Wildman–Crippen MR) is 113 cm³/mol. The molecule has 1 amide bonds. The molecule has 3 aromatic rings. The quantitative estimate of drug-likeness (QED) is 0.689. The van der Waals surface area contributed by atoms with Crippen LogP contribution >= 0.6 is 12.4 Å². The minimum Gasteiger partial charge on any atom is -0.326 e. The second-order valence-corrected chi connectivity index (χ2v) is 6.71. The number of carbonyl (C=O) groups excluding carboxylic acids is 1. The number of carbonyl (C=O) groups is 1. The number of anilines is 1. The third-order valence-corrected chi connectivity index (χ3v) is 5.04. The number of hydrogen-bond donors (Lipinski definition) is 2. The standard InChI is InChI=1S/C23H22N2O.ClH/c26-23(22-16-24-15-21(22)19-9-5-2-6-10-19)25-20-13-11-18(12-14-20)17-7-3-1-4-8-17;/h1-14,21-22,24H,15-16H2,(H,25,26);1H. The monoisotopic (exact) mass is 378 g/mol. The van der Waals surface area contributed by atoms with E-state index in [1.165, 1.54) is 11.1 Å². The van der Waals surface area contributed by atoms with Gasteiger partial charge in [-0.1, -0.05) is 72.8 Å². The van der Waals surface area contributed by atoms with Crippen molar-refractivity contribution >= 4 is 24.0 Å². The summed E-state index contributed by atoms with van der Waals surface area (Å²) in [6, 6.07) is 28.6. The SMILES string of the molecule is Cl.O=C(Nc1ccc(-c2ccccc2)cc1)C1CNCC1c1ccccc1. The molecule has 3 aromatic carbocycles. The van der Waals surface area contributed by atoms with E-state index < -0.39 is 0 Å². The van der Waals surface area contributed by atoms with Crippen molar-refractivity contribution in [1.82, 2.24) is 5.32 Å². The topological polar surface area (TPSA) is 41.1 Å². The molecule has 0 spiro atoms. The van der Waals surface area contributed by atoms with E-state index in [-0.39, 0.29) is 30.2 Å². The molecule has 1 aliphatic heterocycles. The van der Waals surface area contributed by atoms with E-state index in [9.17, 15) is 4.79 Å². The predicted octanol–water partition coefficient (Wildman–Crippen LogP) is 4.72. The molecule has 2 N–H and O–H groups in total. The Morgan fingerprint density at radius 1 is 0.778 bits per heavy atom. The molecule has 138 valence electrons. The van der Waals surface area contributed by atoms with E-state index in [1.54, 1.807) is 0 Å². The molecule has 0 radical (unpaired) electrons. The summed E-state index contributed by atoms with van der Waals surface area (Å²) < 4.78 is 0. The lowest BCUT2D eigenvalue weighted by Crippen LogP contribution is -2.28. The van der Waals surface area contributed by atoms with Crippen molar-refractivity contribution in [3.8, 4) is 11.1 Å². The first kappa shape index (κ1) is 19.2. The lowest BCUT2D eigenvalue weighted by Gasteiger charge is -2.18. The van der Waals surface area contributed by atoms with Gasteiger partial charge in [0.25, 0.3) is 0 Å². The zero-order valence-electron chi connectivity index (χ0n) is 15.0. The molecule has 1 aliphatic rings. The lowest BCUT2D eigenvalue weighted by atomic mass is 9.88. The molecule has 0 bridgehead atoms. The maximum absolute atomic E-state index is 12.8. The molecule has 1 heterocycles. The van der Waals surface area contributed by atoms with Crippen molar-refractivity contribution in [2.45, 2.75) is 5.92 Å². The van der Waals surface area contributed by atoms with E-state index in [1.807, 2.05) is 60.7 Å². The molecule has 1 fully saturated rings. The molecule has 1 saturated heterocycles. The average molecular weight is 379 g/mol. The largest absolute Gasteiger partial charge is 0.326 e. The maximum Gasteiger partial charge on any atom is 0.229 e. The van der Waals surface area contributed by atoms with Crippen LogP contribution in [0.5, 0.6) is 0 Å². The Morgan fingerprint density at radius 3 is 2.04 bits per heavy atom. The molecule has 4 heteroatoms. The van der Waals surface area contributed by atoms with Gasteiger partial charge in [-0.2, -0.15) is 0 Å². The smallest absolute Gasteiger partial charge is 0.229 e. The van der Waals surface area contributed by atoms with Gasteiger partial charge < -0.3 is 10.6 Å². The molecule has 0 aromatic heterocycles. The van der Waals surface area contributed by atoms with Crippen LogP contribution in [0.25, 0.3) is 11.1 Å². The van der Waals surface area contributed by atoms with Crippen LogP contribution in [0.15, 0.2) is 84.9 Å². The van der Waals surface area contributed by atoms with Gasteiger partial charge in [-0.05, 0) is 28.8 Å². The van der Waals surface area contributed by atoms with Gasteiger partial charge in [0.05, 0.1) is 5.92 Å². The van der Waals surface area contributed by atoms with Gasteiger partial charge in [0.15, 0.2) is 0 Å². The Kier molecular flexibility index (Phi) is 6.28. The molecular weight excluding hydrogens is 356 g/mol. The van der Waals surface area contributed by atoms with Crippen LogP contribution in [0.2, 0.25) is 0 Å². The van der Waals surface area contributed by atoms with Gasteiger partial charge in [0.1, 0.15) is 0 Å². The molecule has 2 atom stereocenters. The molecule has 4 rings (SSSR count). The Balaban J connectivity index is 0.00000210. The Labute approximate surface area is 166 Å². The lowest BCUT2D eigenvalue weighted by molar-refractivity contribution is -0.119. The first-order chi connectivity index (χ1) is 12.8. The second kappa shape index (κ2) is 8.85. The van der Waals surface area contributed by atoms with Crippen molar-refractivity contribution in [2.24, 2.45) is 5.92 Å². The summed E-state index contributed by atoms with van der Waals surface area (Å²) in [5.41, 5.74) is 4.38. The highest BCUT2D eigenvalue weighted by molar-refractivity contribution is 5.94. The molecular formula is C23H23ClN2O. The van der Waals surface area contributed by atoms with Crippen molar-refractivity contribution in [2.75, 3.05) is 18.4 Å². The van der Waals surface area contributed by atoms with Gasteiger partial charge in [-0.3, -0.25) is 4.79 Å². The van der Waals surface area contributed by atoms with Gasteiger partial charge >= 0.3 is 0 Å². The zero-order chi connectivity index (χ0) is 17.8. The van der Waals surface area contributed by atoms with Crippen LogP contribution < -0.4 is 10.6 Å². The van der Waals surface area contributed by atoms with Crippen LogP contribution in [0, 0.1) is 5.92 Å². The van der Waals surface area contributed by atoms with E-state index in [4.69, 9.17) is 0 Å². The summed E-state index contributed by atoms with van der Waals surface area (Å²) in [6.45, 7) is 1.56. The number of rotatable bonds is 4. The Morgan fingerprint density at radius 2 is 1.37 bits per heavy atom. The van der Waals surface area contributed by atoms with E-state index in [2.05, 4.69) is 34.9 Å². The highest BCUT2D eigenvalue weighted by atomic mass is 35.5. The number of halogens is 1. The summed E-state index contributed by atoms with van der Waals surface area (Å²) in [5.74, 6) is 0.252. The number of benzene rings is 3. The highest BCUT2D eigenvalue weighted by Gasteiger charge is 2.33. The van der Waals surface area contributed by atoms with Crippen LogP contribution in [-0.4, -0.2) is 19.0 Å². The second-order valence-electron chi connectivity index (χ2n) is 6.71. The summed E-state index contributed by atoms with van der Waals surface area (Å²) in [7, 11) is 0. The Bertz CT molecular complexity index is 866. The summed E-state index contributed by atoms with van der Waals surface area (Å²) >= 11 is 0. The van der Waals surface area contributed by atoms with Gasteiger partial charge in [0.2, 0.25) is 5.91 Å². The first-order valence-corrected chi connectivity index (χ1v) is 9.03. The van der Waals surface area contributed by atoms with E-state index in [0.717, 1.165) is 17.8 Å². The van der Waals surface area contributed by atoms with E-state index >= 15 is 0 Å². The molecule has 0 aliphatic carbocycles. The molecule has 2 unspecified atom stereocenters. The van der Waals surface area contributed by atoms with Gasteiger partial charge in [-0.15, -0.1) is 12.4 Å². The van der Waals surface area contributed by atoms with Crippen LogP contribution in [0.3, 0.4) is 0 Å². The molecule has 3 nitrogen and oxygen atoms in total. The summed E-state index contributed by atoms with van der Waals surface area (Å²) in [6.07, 6.45) is 0. The minimum absolute atomic E-state index is 0. The highest BCUT2D eigenvalue weighted by Crippen LogP contribution is 2.29. The fourth-order valence-electron chi connectivity index (χ4n) is 3.62. The fourth-order valence-corrected chi connectivity index (χ4v) is 3.62.